The van der Waals surface area contributed by atoms with Crippen molar-refractivity contribution >= 4 is 17.6 Å². The van der Waals surface area contributed by atoms with Crippen molar-refractivity contribution in [1.82, 2.24) is 0 Å². The molecule has 1 amide bonds. The average molecular weight is 450 g/mol. The van der Waals surface area contributed by atoms with Gasteiger partial charge in [0, 0.05) is 31.1 Å². The highest BCUT2D eigenvalue weighted by Crippen LogP contribution is 2.30. The van der Waals surface area contributed by atoms with Gasteiger partial charge in [-0.15, -0.1) is 0 Å². The number of aryl methyl sites for hydroxylation is 2. The maximum absolute atomic E-state index is 14.0. The topological polar surface area (TPSA) is 57.6 Å². The molecule has 0 bridgehead atoms. The van der Waals surface area contributed by atoms with Gasteiger partial charge in [-0.25, -0.2) is 8.78 Å². The van der Waals surface area contributed by atoms with Gasteiger partial charge in [-0.1, -0.05) is 18.2 Å². The number of anilines is 1. The number of amides is 1. The Morgan fingerprint density at radius 1 is 1.12 bits per heavy atom. The largest absolute Gasteiger partial charge is 0.481 e. The van der Waals surface area contributed by atoms with Gasteiger partial charge in [0.25, 0.3) is 0 Å². The maximum atomic E-state index is 14.0. The summed E-state index contributed by atoms with van der Waals surface area (Å²) >= 11 is 0. The van der Waals surface area contributed by atoms with Crippen molar-refractivity contribution in [2.75, 3.05) is 18.6 Å². The highest BCUT2D eigenvalue weighted by atomic mass is 19.1. The molecule has 0 spiro atoms. The first-order valence-electron chi connectivity index (χ1n) is 10.8. The lowest BCUT2D eigenvalue weighted by molar-refractivity contribution is -0.137. The number of hydrogen-bond acceptors (Lipinski definition) is 2. The van der Waals surface area contributed by atoms with E-state index in [1.165, 1.54) is 12.1 Å². The Balaban J connectivity index is 0.00000176. The van der Waals surface area contributed by atoms with Crippen LogP contribution in [0.4, 0.5) is 18.9 Å². The Morgan fingerprint density at radius 3 is 2.53 bits per heavy atom. The van der Waals surface area contributed by atoms with Crippen molar-refractivity contribution in [3.05, 3.63) is 64.7 Å². The average Bonchev–Trinajstić information content (AvgIpc) is 2.76. The molecule has 1 saturated heterocycles. The summed E-state index contributed by atoms with van der Waals surface area (Å²) in [6, 6.07) is 9.63. The zero-order valence-electron chi connectivity index (χ0n) is 18.5. The van der Waals surface area contributed by atoms with Crippen molar-refractivity contribution in [2.24, 2.45) is 5.92 Å². The van der Waals surface area contributed by atoms with Gasteiger partial charge in [0.1, 0.15) is 11.6 Å². The molecule has 1 heterocycles. The van der Waals surface area contributed by atoms with E-state index in [1.54, 1.807) is 4.90 Å². The SMILES string of the molecule is CF.Cc1cc(CCCCC(=O)O)ccc1N1CC(Cc2ccc(F)cc2F)CCC1=O. The quantitative estimate of drug-likeness (QED) is 0.531. The van der Waals surface area contributed by atoms with Crippen molar-refractivity contribution in [3.63, 3.8) is 0 Å². The maximum Gasteiger partial charge on any atom is 0.303 e. The summed E-state index contributed by atoms with van der Waals surface area (Å²) in [5.41, 5.74) is 3.45. The molecule has 0 aromatic heterocycles. The van der Waals surface area contributed by atoms with E-state index in [9.17, 15) is 22.8 Å². The monoisotopic (exact) mass is 449 g/mol. The number of hydrogen-bond donors (Lipinski definition) is 1. The molecule has 174 valence electrons. The van der Waals surface area contributed by atoms with Gasteiger partial charge in [-0.3, -0.25) is 14.0 Å². The number of benzene rings is 2. The number of carboxylic acids is 1. The van der Waals surface area contributed by atoms with E-state index in [0.29, 0.717) is 45.0 Å². The molecule has 0 radical (unpaired) electrons. The number of carbonyl (C=O) groups is 2. The third kappa shape index (κ3) is 7.11. The molecule has 4 nitrogen and oxygen atoms in total. The molecule has 1 N–H and O–H groups in total. The fourth-order valence-corrected chi connectivity index (χ4v) is 4.09. The molecular formula is C25H30F3NO3. The Morgan fingerprint density at radius 2 is 1.88 bits per heavy atom. The molecule has 7 heteroatoms. The lowest BCUT2D eigenvalue weighted by atomic mass is 9.90. The van der Waals surface area contributed by atoms with E-state index in [0.717, 1.165) is 35.7 Å². The molecular weight excluding hydrogens is 419 g/mol. The van der Waals surface area contributed by atoms with Crippen LogP contribution in [-0.4, -0.2) is 30.7 Å². The van der Waals surface area contributed by atoms with Gasteiger partial charge in [0.05, 0.1) is 7.18 Å². The van der Waals surface area contributed by atoms with Gasteiger partial charge in [0.2, 0.25) is 5.91 Å². The van der Waals surface area contributed by atoms with Gasteiger partial charge < -0.3 is 10.0 Å². The number of carboxylic acid groups (broad SMARTS) is 1. The Hall–Kier alpha value is -2.83. The summed E-state index contributed by atoms with van der Waals surface area (Å²) in [5, 5.41) is 8.73. The van der Waals surface area contributed by atoms with Crippen molar-refractivity contribution in [3.8, 4) is 0 Å². The normalized spacial score (nSPS) is 15.8. The van der Waals surface area contributed by atoms with Crippen LogP contribution in [-0.2, 0) is 22.4 Å². The number of piperidine rings is 1. The lowest BCUT2D eigenvalue weighted by Crippen LogP contribution is -2.41. The second kappa shape index (κ2) is 12.3. The van der Waals surface area contributed by atoms with Crippen LogP contribution in [0.5, 0.6) is 0 Å². The highest BCUT2D eigenvalue weighted by molar-refractivity contribution is 5.94. The summed E-state index contributed by atoms with van der Waals surface area (Å²) in [4.78, 5) is 25.0. The van der Waals surface area contributed by atoms with E-state index in [2.05, 4.69) is 0 Å². The van der Waals surface area contributed by atoms with Crippen LogP contribution < -0.4 is 4.90 Å². The summed E-state index contributed by atoms with van der Waals surface area (Å²) in [5.74, 6) is -1.74. The smallest absolute Gasteiger partial charge is 0.303 e. The summed E-state index contributed by atoms with van der Waals surface area (Å²) in [6.07, 6.45) is 3.99. The van der Waals surface area contributed by atoms with Crippen LogP contribution in [0.25, 0.3) is 0 Å². The number of alkyl halides is 1. The van der Waals surface area contributed by atoms with Gasteiger partial charge in [-0.2, -0.15) is 0 Å². The molecule has 2 aromatic carbocycles. The van der Waals surface area contributed by atoms with E-state index >= 15 is 0 Å². The van der Waals surface area contributed by atoms with E-state index in [-0.39, 0.29) is 18.2 Å². The summed E-state index contributed by atoms with van der Waals surface area (Å²) < 4.78 is 36.7. The number of rotatable bonds is 8. The molecule has 1 atom stereocenters. The van der Waals surface area contributed by atoms with Gasteiger partial charge in [-0.05, 0) is 73.8 Å². The number of unbranched alkanes of at least 4 members (excludes halogenated alkanes) is 1. The zero-order chi connectivity index (χ0) is 23.7. The highest BCUT2D eigenvalue weighted by Gasteiger charge is 2.28. The lowest BCUT2D eigenvalue weighted by Gasteiger charge is -2.34. The first kappa shape index (κ1) is 25.4. The summed E-state index contributed by atoms with van der Waals surface area (Å²) in [6.45, 7) is 2.47. The van der Waals surface area contributed by atoms with E-state index in [1.807, 2.05) is 25.1 Å². The molecule has 1 aliphatic rings. The molecule has 0 saturated carbocycles. The molecule has 0 aliphatic carbocycles. The van der Waals surface area contributed by atoms with Crippen LogP contribution in [0.1, 0.15) is 48.8 Å². The Bertz CT molecular complexity index is 933. The summed E-state index contributed by atoms with van der Waals surface area (Å²) in [7, 11) is 0.500. The van der Waals surface area contributed by atoms with Crippen LogP contribution in [0.3, 0.4) is 0 Å². The van der Waals surface area contributed by atoms with Crippen LogP contribution in [0.2, 0.25) is 0 Å². The first-order chi connectivity index (χ1) is 15.3. The zero-order valence-corrected chi connectivity index (χ0v) is 18.5. The van der Waals surface area contributed by atoms with Crippen molar-refractivity contribution < 1.29 is 27.9 Å². The van der Waals surface area contributed by atoms with E-state index < -0.39 is 17.6 Å². The van der Waals surface area contributed by atoms with Crippen LogP contribution in [0, 0.1) is 24.5 Å². The van der Waals surface area contributed by atoms with Crippen LogP contribution >= 0.6 is 0 Å². The minimum atomic E-state index is -0.778. The van der Waals surface area contributed by atoms with Crippen LogP contribution in [0.15, 0.2) is 36.4 Å². The number of halogens is 3. The first-order valence-corrected chi connectivity index (χ1v) is 10.8. The Kier molecular flexibility index (Phi) is 9.75. The molecule has 32 heavy (non-hydrogen) atoms. The Labute approximate surface area is 187 Å². The third-order valence-corrected chi connectivity index (χ3v) is 5.69. The van der Waals surface area contributed by atoms with Crippen molar-refractivity contribution in [2.45, 2.75) is 51.9 Å². The number of aliphatic carboxylic acids is 1. The standard InChI is InChI=1S/C24H27F2NO3.CH3F/c1-16-12-17(4-2-3-5-24(29)30)6-10-22(16)27-15-18(7-11-23(27)28)13-19-8-9-20(25)14-21(19)26;1-2/h6,8-10,12,14,18H,2-5,7,11,13,15H2,1H3,(H,29,30);1H3. The fourth-order valence-electron chi connectivity index (χ4n) is 4.09. The second-order valence-electron chi connectivity index (χ2n) is 8.07. The predicted molar refractivity (Wildman–Crippen MR) is 119 cm³/mol. The molecule has 3 rings (SSSR count). The van der Waals surface area contributed by atoms with Gasteiger partial charge >= 0.3 is 5.97 Å². The molecule has 1 unspecified atom stereocenters. The fraction of sp³-hybridized carbons (Fsp3) is 0.440. The minimum Gasteiger partial charge on any atom is -0.481 e. The van der Waals surface area contributed by atoms with E-state index in [4.69, 9.17) is 5.11 Å². The second-order valence-corrected chi connectivity index (χ2v) is 8.07. The third-order valence-electron chi connectivity index (χ3n) is 5.69. The number of nitrogens with zero attached hydrogens (tertiary/aromatic N) is 1. The molecule has 1 fully saturated rings. The van der Waals surface area contributed by atoms with Crippen molar-refractivity contribution in [1.29, 1.82) is 0 Å². The number of carbonyl (C=O) groups excluding carboxylic acids is 1. The molecule has 1 aliphatic heterocycles. The predicted octanol–water partition coefficient (Wildman–Crippen LogP) is 5.64. The molecule has 2 aromatic rings. The minimum absolute atomic E-state index is 0.0585. The van der Waals surface area contributed by atoms with Gasteiger partial charge in [0.15, 0.2) is 0 Å².